The summed E-state index contributed by atoms with van der Waals surface area (Å²) < 4.78 is 5.14. The van der Waals surface area contributed by atoms with Crippen LogP contribution in [0.3, 0.4) is 0 Å². The first-order chi connectivity index (χ1) is 8.56. The lowest BCUT2D eigenvalue weighted by molar-refractivity contribution is 0.473. The average molecular weight is 262 g/mol. The van der Waals surface area contributed by atoms with E-state index in [-0.39, 0.29) is 5.75 Å². The molecule has 18 heavy (non-hydrogen) atoms. The summed E-state index contributed by atoms with van der Waals surface area (Å²) in [5.41, 5.74) is 5.82. The predicted octanol–water partition coefficient (Wildman–Crippen LogP) is 2.89. The molecule has 1 aromatic heterocycles. The van der Waals surface area contributed by atoms with E-state index in [1.54, 1.807) is 12.1 Å². The summed E-state index contributed by atoms with van der Waals surface area (Å²) in [6.07, 6.45) is 0. The van der Waals surface area contributed by atoms with E-state index in [1.165, 1.54) is 18.2 Å². The molecular weight excluding hydrogens is 254 g/mol. The molecule has 0 aliphatic rings. The quantitative estimate of drug-likeness (QED) is 0.371. The molecule has 90 valence electrons. The number of aromatic hydroxyl groups is 1. The van der Waals surface area contributed by atoms with Crippen molar-refractivity contribution in [1.82, 2.24) is 0 Å². The smallest absolute Gasteiger partial charge is 0.344 e. The molecule has 0 atom stereocenters. The maximum atomic E-state index is 11.8. The molecule has 3 N–H and O–H groups in total. The molecule has 3 rings (SSSR count). The van der Waals surface area contributed by atoms with Crippen molar-refractivity contribution in [3.63, 3.8) is 0 Å². The zero-order valence-corrected chi connectivity index (χ0v) is 9.86. The molecule has 0 saturated heterocycles. The molecular formula is C13H8ClNO3. The number of anilines is 1. The molecule has 4 nitrogen and oxygen atoms in total. The Balaban J connectivity index is 2.65. The van der Waals surface area contributed by atoms with Gasteiger partial charge in [-0.05, 0) is 24.3 Å². The fourth-order valence-electron chi connectivity index (χ4n) is 2.02. The molecule has 0 fully saturated rings. The number of phenolic OH excluding ortho intramolecular Hbond substituents is 1. The molecule has 3 aromatic rings. The Morgan fingerprint density at radius 1 is 1.17 bits per heavy atom. The summed E-state index contributed by atoms with van der Waals surface area (Å²) in [5, 5.41) is 11.3. The lowest BCUT2D eigenvalue weighted by atomic mass is 10.1. The van der Waals surface area contributed by atoms with E-state index in [0.29, 0.717) is 32.5 Å². The molecule has 0 aliphatic heterocycles. The summed E-state index contributed by atoms with van der Waals surface area (Å²) in [4.78, 5) is 11.8. The summed E-state index contributed by atoms with van der Waals surface area (Å²) in [7, 11) is 0. The van der Waals surface area contributed by atoms with E-state index < -0.39 is 5.63 Å². The van der Waals surface area contributed by atoms with Crippen molar-refractivity contribution < 1.29 is 9.52 Å². The summed E-state index contributed by atoms with van der Waals surface area (Å²) in [5.74, 6) is 0.0246. The number of halogens is 1. The standard InChI is InChI=1S/C13H8ClNO3/c14-10-4-6(15)3-9-12(10)8-2-1-7(16)5-11(8)18-13(9)17/h1-5,16H,15H2. The maximum absolute atomic E-state index is 11.8. The molecule has 0 amide bonds. The molecule has 1 heterocycles. The third-order valence-electron chi connectivity index (χ3n) is 2.77. The second-order valence-electron chi connectivity index (χ2n) is 4.00. The number of rotatable bonds is 0. The monoisotopic (exact) mass is 261 g/mol. The highest BCUT2D eigenvalue weighted by atomic mass is 35.5. The summed E-state index contributed by atoms with van der Waals surface area (Å²) in [6.45, 7) is 0. The van der Waals surface area contributed by atoms with Gasteiger partial charge in [-0.3, -0.25) is 0 Å². The van der Waals surface area contributed by atoms with Crippen LogP contribution in [0.4, 0.5) is 5.69 Å². The zero-order chi connectivity index (χ0) is 12.9. The number of fused-ring (bicyclic) bond motifs is 3. The Hall–Kier alpha value is -2.20. The van der Waals surface area contributed by atoms with E-state index in [4.69, 9.17) is 21.8 Å². The maximum Gasteiger partial charge on any atom is 0.344 e. The van der Waals surface area contributed by atoms with Crippen LogP contribution in [0.1, 0.15) is 0 Å². The minimum Gasteiger partial charge on any atom is -0.508 e. The highest BCUT2D eigenvalue weighted by molar-refractivity contribution is 6.38. The van der Waals surface area contributed by atoms with Crippen molar-refractivity contribution in [3.8, 4) is 5.75 Å². The number of phenols is 1. The van der Waals surface area contributed by atoms with E-state index in [1.807, 2.05) is 0 Å². The zero-order valence-electron chi connectivity index (χ0n) is 9.11. The molecule has 5 heteroatoms. The van der Waals surface area contributed by atoms with Gasteiger partial charge in [-0.1, -0.05) is 11.6 Å². The van der Waals surface area contributed by atoms with Crippen molar-refractivity contribution in [1.29, 1.82) is 0 Å². The van der Waals surface area contributed by atoms with Gasteiger partial charge in [0.15, 0.2) is 0 Å². The van der Waals surface area contributed by atoms with E-state index in [0.717, 1.165) is 0 Å². The van der Waals surface area contributed by atoms with E-state index in [9.17, 15) is 9.90 Å². The van der Waals surface area contributed by atoms with Crippen LogP contribution < -0.4 is 11.4 Å². The van der Waals surface area contributed by atoms with Crippen molar-refractivity contribution in [2.75, 3.05) is 5.73 Å². The fraction of sp³-hybridized carbons (Fsp3) is 0. The molecule has 0 bridgehead atoms. The number of hydrogen-bond donors (Lipinski definition) is 2. The Kier molecular flexibility index (Phi) is 2.21. The van der Waals surface area contributed by atoms with Crippen molar-refractivity contribution in [3.05, 3.63) is 45.8 Å². The van der Waals surface area contributed by atoms with Crippen molar-refractivity contribution in [2.24, 2.45) is 0 Å². The SMILES string of the molecule is Nc1cc(Cl)c2c(c1)c(=O)oc1cc(O)ccc12. The second-order valence-corrected chi connectivity index (χ2v) is 4.40. The number of benzene rings is 2. The van der Waals surface area contributed by atoms with E-state index in [2.05, 4.69) is 0 Å². The molecule has 0 radical (unpaired) electrons. The number of hydrogen-bond acceptors (Lipinski definition) is 4. The Morgan fingerprint density at radius 3 is 2.72 bits per heavy atom. The summed E-state index contributed by atoms with van der Waals surface area (Å²) >= 11 is 6.13. The second kappa shape index (κ2) is 3.65. The van der Waals surface area contributed by atoms with Crippen LogP contribution in [0.5, 0.6) is 5.75 Å². The first kappa shape index (κ1) is 10.9. The van der Waals surface area contributed by atoms with Gasteiger partial charge in [0.05, 0.1) is 10.4 Å². The van der Waals surface area contributed by atoms with Gasteiger partial charge in [0.1, 0.15) is 11.3 Å². The van der Waals surface area contributed by atoms with Crippen LogP contribution in [0.2, 0.25) is 5.02 Å². The van der Waals surface area contributed by atoms with E-state index >= 15 is 0 Å². The Morgan fingerprint density at radius 2 is 1.94 bits per heavy atom. The number of nitrogens with two attached hydrogens (primary N) is 1. The normalized spacial score (nSPS) is 11.2. The van der Waals surface area contributed by atoms with Crippen LogP contribution in [0.15, 0.2) is 39.5 Å². The van der Waals surface area contributed by atoms with Gasteiger partial charge in [-0.15, -0.1) is 0 Å². The first-order valence-electron chi connectivity index (χ1n) is 5.21. The topological polar surface area (TPSA) is 76.5 Å². The van der Waals surface area contributed by atoms with Gasteiger partial charge in [-0.2, -0.15) is 0 Å². The van der Waals surface area contributed by atoms with Gasteiger partial charge >= 0.3 is 5.63 Å². The summed E-state index contributed by atoms with van der Waals surface area (Å²) in [6, 6.07) is 7.64. The average Bonchev–Trinajstić information content (AvgIpc) is 2.29. The third kappa shape index (κ3) is 1.50. The minimum absolute atomic E-state index is 0.0246. The minimum atomic E-state index is -0.530. The van der Waals surface area contributed by atoms with Crippen LogP contribution in [0, 0.1) is 0 Å². The third-order valence-corrected chi connectivity index (χ3v) is 3.07. The lowest BCUT2D eigenvalue weighted by Gasteiger charge is -2.05. The lowest BCUT2D eigenvalue weighted by Crippen LogP contribution is -2.01. The Labute approximate surface area is 106 Å². The highest BCUT2D eigenvalue weighted by Gasteiger charge is 2.11. The molecule has 0 spiro atoms. The van der Waals surface area contributed by atoms with Gasteiger partial charge in [0, 0.05) is 22.5 Å². The van der Waals surface area contributed by atoms with Gasteiger partial charge in [-0.25, -0.2) is 4.79 Å². The largest absolute Gasteiger partial charge is 0.508 e. The van der Waals surface area contributed by atoms with Crippen molar-refractivity contribution >= 4 is 39.0 Å². The molecule has 2 aromatic carbocycles. The van der Waals surface area contributed by atoms with Crippen molar-refractivity contribution in [2.45, 2.75) is 0 Å². The van der Waals surface area contributed by atoms with Gasteiger partial charge in [0.2, 0.25) is 0 Å². The van der Waals surface area contributed by atoms with Gasteiger partial charge < -0.3 is 15.3 Å². The predicted molar refractivity (Wildman–Crippen MR) is 71.1 cm³/mol. The van der Waals surface area contributed by atoms with Crippen LogP contribution in [-0.2, 0) is 0 Å². The highest BCUT2D eigenvalue weighted by Crippen LogP contribution is 2.32. The molecule has 0 unspecified atom stereocenters. The van der Waals surface area contributed by atoms with Crippen LogP contribution in [-0.4, -0.2) is 5.11 Å². The Bertz CT molecular complexity index is 839. The number of nitrogen functional groups attached to an aromatic ring is 1. The van der Waals surface area contributed by atoms with Crippen LogP contribution in [0.25, 0.3) is 21.7 Å². The molecule has 0 aliphatic carbocycles. The molecule has 0 saturated carbocycles. The first-order valence-corrected chi connectivity index (χ1v) is 5.58. The fourth-order valence-corrected chi connectivity index (χ4v) is 2.35. The van der Waals surface area contributed by atoms with Gasteiger partial charge in [0.25, 0.3) is 0 Å². The van der Waals surface area contributed by atoms with Crippen LogP contribution >= 0.6 is 11.6 Å².